The van der Waals surface area contributed by atoms with Crippen LogP contribution in [0.3, 0.4) is 0 Å². The topological polar surface area (TPSA) is 98.7 Å². The molecule has 0 aromatic carbocycles. The molecule has 0 spiro atoms. The first-order valence-electron chi connectivity index (χ1n) is 6.27. The fourth-order valence-corrected chi connectivity index (χ4v) is 1.38. The lowest BCUT2D eigenvalue weighted by Gasteiger charge is -2.19. The van der Waals surface area contributed by atoms with E-state index in [0.717, 1.165) is 35.6 Å². The van der Waals surface area contributed by atoms with E-state index in [9.17, 15) is 0 Å². The minimum Gasteiger partial charge on any atom is -0.543 e. The smallest absolute Gasteiger partial charge is 0.183 e. The van der Waals surface area contributed by atoms with Gasteiger partial charge in [-0.05, 0) is 0 Å². The van der Waals surface area contributed by atoms with E-state index >= 15 is 0 Å². The molecule has 118 valence electrons. The highest BCUT2D eigenvalue weighted by atomic mass is 16.5. The molecule has 2 fully saturated rings. The van der Waals surface area contributed by atoms with Crippen molar-refractivity contribution < 1.29 is 38.2 Å². The van der Waals surface area contributed by atoms with Crippen LogP contribution in [0.1, 0.15) is 0 Å². The third-order valence-electron chi connectivity index (χ3n) is 2.73. The summed E-state index contributed by atoms with van der Waals surface area (Å²) in [5, 5.41) is 17.9. The second kappa shape index (κ2) is 8.15. The monoisotopic (exact) mass is 292 g/mol. The normalized spacial score (nSPS) is 22.0. The number of aliphatic carboxylic acids is 2. The summed E-state index contributed by atoms with van der Waals surface area (Å²) in [6.07, 6.45) is 0. The van der Waals surface area contributed by atoms with Gasteiger partial charge in [-0.2, -0.15) is 0 Å². The van der Waals surface area contributed by atoms with Gasteiger partial charge in [-0.15, -0.1) is 0 Å². The first kappa shape index (κ1) is 18.8. The average molecular weight is 292 g/mol. The number of carbonyl (C=O) groups is 2. The zero-order valence-electron chi connectivity index (χ0n) is 12.6. The Morgan fingerprint density at radius 2 is 1.10 bits per heavy atom. The predicted octanol–water partition coefficient (Wildman–Crippen LogP) is -3.41. The fraction of sp³-hybridized carbons (Fsp3) is 0.833. The lowest BCUT2D eigenvalue weighted by molar-refractivity contribution is -0.887. The van der Waals surface area contributed by atoms with E-state index in [0.29, 0.717) is 0 Å². The van der Waals surface area contributed by atoms with Crippen LogP contribution in [-0.4, -0.2) is 88.9 Å². The Bertz CT molecular complexity index is 282. The summed E-state index contributed by atoms with van der Waals surface area (Å²) >= 11 is 0. The van der Waals surface area contributed by atoms with Crippen molar-refractivity contribution in [2.45, 2.75) is 0 Å². The van der Waals surface area contributed by atoms with Crippen molar-refractivity contribution >= 4 is 11.9 Å². The fourth-order valence-electron chi connectivity index (χ4n) is 1.38. The highest BCUT2D eigenvalue weighted by Crippen LogP contribution is 2.03. The number of quaternary nitrogens is 2. The van der Waals surface area contributed by atoms with E-state index in [1.807, 2.05) is 0 Å². The number of likely N-dealkylation sites (N-methyl/N-ethyl adjacent to an activating group) is 2. The van der Waals surface area contributed by atoms with Gasteiger partial charge in [-0.1, -0.05) is 0 Å². The van der Waals surface area contributed by atoms with Gasteiger partial charge >= 0.3 is 0 Å². The van der Waals surface area contributed by atoms with Gasteiger partial charge in [0.15, 0.2) is 13.5 Å². The Balaban J connectivity index is 0.000000272. The van der Waals surface area contributed by atoms with E-state index in [4.69, 9.17) is 29.3 Å². The summed E-state index contributed by atoms with van der Waals surface area (Å²) in [7, 11) is 8.69. The Morgan fingerprint density at radius 1 is 0.800 bits per heavy atom. The molecule has 0 saturated carbocycles. The number of hydrogen-bond acceptors (Lipinski definition) is 6. The Labute approximate surface area is 119 Å². The zero-order valence-corrected chi connectivity index (χ0v) is 12.6. The summed E-state index contributed by atoms with van der Waals surface area (Å²) in [5.74, 6) is -4.37. The van der Waals surface area contributed by atoms with Crippen LogP contribution in [0.5, 0.6) is 0 Å². The van der Waals surface area contributed by atoms with Crippen LogP contribution < -0.4 is 10.2 Å². The van der Waals surface area contributed by atoms with Crippen molar-refractivity contribution in [2.24, 2.45) is 0 Å². The lowest BCUT2D eigenvalue weighted by atomic mass is 10.6. The predicted molar refractivity (Wildman–Crippen MR) is 65.6 cm³/mol. The number of ether oxygens (including phenoxy) is 2. The Kier molecular flexibility index (Phi) is 7.66. The van der Waals surface area contributed by atoms with Crippen LogP contribution in [0.4, 0.5) is 0 Å². The summed E-state index contributed by atoms with van der Waals surface area (Å²) in [4.78, 5) is 17.9. The number of carboxylic acids is 2. The second-order valence-electron chi connectivity index (χ2n) is 5.97. The molecule has 0 aromatic heterocycles. The molecule has 0 radical (unpaired) electrons. The van der Waals surface area contributed by atoms with Crippen LogP contribution in [-0.2, 0) is 19.1 Å². The maximum absolute atomic E-state index is 8.93. The average Bonchev–Trinajstić information content (AvgIpc) is 2.88. The maximum atomic E-state index is 8.93. The summed E-state index contributed by atoms with van der Waals surface area (Å²) in [5.41, 5.74) is 0. The van der Waals surface area contributed by atoms with Crippen LogP contribution in [0.15, 0.2) is 0 Å². The number of carboxylic acid groups (broad SMARTS) is 2. The van der Waals surface area contributed by atoms with Crippen molar-refractivity contribution in [1.82, 2.24) is 0 Å². The van der Waals surface area contributed by atoms with Crippen molar-refractivity contribution in [3.63, 3.8) is 0 Å². The lowest BCUT2D eigenvalue weighted by Crippen LogP contribution is -2.42. The molecule has 0 amide bonds. The van der Waals surface area contributed by atoms with Gasteiger partial charge in [0.1, 0.15) is 26.3 Å². The number of rotatable bonds is 0. The Hall–Kier alpha value is -1.22. The van der Waals surface area contributed by atoms with Crippen LogP contribution in [0.2, 0.25) is 0 Å². The molecule has 2 rings (SSSR count). The second-order valence-corrected chi connectivity index (χ2v) is 5.97. The molecule has 0 unspecified atom stereocenters. The molecule has 2 aliphatic rings. The van der Waals surface area contributed by atoms with Crippen molar-refractivity contribution in [3.8, 4) is 0 Å². The minimum absolute atomic E-state index is 0.889. The van der Waals surface area contributed by atoms with Crippen molar-refractivity contribution in [1.29, 1.82) is 0 Å². The number of hydrogen-bond donors (Lipinski definition) is 0. The maximum Gasteiger partial charge on any atom is 0.183 e. The third-order valence-corrected chi connectivity index (χ3v) is 2.73. The molecule has 0 aromatic rings. The molecule has 20 heavy (non-hydrogen) atoms. The standard InChI is InChI=1S/2C5H12NO.C2H2O4/c2*1-6(2)3-4-7-5-6;3-1(4)2(5)6/h2*3-5H2,1-2H3;(H,3,4)(H,5,6)/q2*+1;/p-2. The molecule has 2 saturated heterocycles. The molecule has 2 aliphatic heterocycles. The molecule has 2 heterocycles. The van der Waals surface area contributed by atoms with E-state index in [1.54, 1.807) is 0 Å². The van der Waals surface area contributed by atoms with Gasteiger partial charge in [0.25, 0.3) is 0 Å². The highest BCUT2D eigenvalue weighted by molar-refractivity contribution is 6.25. The minimum atomic E-state index is -2.19. The van der Waals surface area contributed by atoms with Crippen molar-refractivity contribution in [2.75, 3.05) is 68.0 Å². The molecule has 0 aliphatic carbocycles. The zero-order chi connectivity index (χ0) is 15.8. The molecule has 8 heteroatoms. The summed E-state index contributed by atoms with van der Waals surface area (Å²) in [6, 6.07) is 0. The molecular formula is C12H24N2O6. The highest BCUT2D eigenvalue weighted by Gasteiger charge is 2.21. The first-order valence-corrected chi connectivity index (χ1v) is 6.27. The van der Waals surface area contributed by atoms with E-state index in [1.165, 1.54) is 13.1 Å². The largest absolute Gasteiger partial charge is 0.543 e. The van der Waals surface area contributed by atoms with Gasteiger partial charge in [0, 0.05) is 0 Å². The van der Waals surface area contributed by atoms with Crippen LogP contribution in [0, 0.1) is 0 Å². The summed E-state index contributed by atoms with van der Waals surface area (Å²) in [6.45, 7) is 5.99. The van der Waals surface area contributed by atoms with E-state index < -0.39 is 11.9 Å². The SMILES string of the molecule is C[N+]1(C)CCOC1.C[N+]1(C)CCOC1.O=C([O-])C(=O)[O-]. The third kappa shape index (κ3) is 9.68. The number of carbonyl (C=O) groups excluding carboxylic acids is 2. The van der Waals surface area contributed by atoms with Gasteiger partial charge in [0.2, 0.25) is 0 Å². The first-order chi connectivity index (χ1) is 9.06. The van der Waals surface area contributed by atoms with E-state index in [2.05, 4.69) is 28.2 Å². The van der Waals surface area contributed by atoms with Crippen LogP contribution in [0.25, 0.3) is 0 Å². The molecule has 0 N–H and O–H groups in total. The molecule has 8 nitrogen and oxygen atoms in total. The molecule has 0 atom stereocenters. The quantitative estimate of drug-likeness (QED) is 0.341. The van der Waals surface area contributed by atoms with Gasteiger partial charge in [-0.3, -0.25) is 0 Å². The van der Waals surface area contributed by atoms with Crippen LogP contribution >= 0.6 is 0 Å². The van der Waals surface area contributed by atoms with Gasteiger partial charge in [-0.25, -0.2) is 0 Å². The van der Waals surface area contributed by atoms with Gasteiger partial charge in [0.05, 0.1) is 40.1 Å². The Morgan fingerprint density at radius 3 is 1.15 bits per heavy atom. The van der Waals surface area contributed by atoms with Crippen molar-refractivity contribution in [3.05, 3.63) is 0 Å². The van der Waals surface area contributed by atoms with E-state index in [-0.39, 0.29) is 0 Å². The number of nitrogens with zero attached hydrogens (tertiary/aromatic N) is 2. The molecular weight excluding hydrogens is 268 g/mol. The van der Waals surface area contributed by atoms with Gasteiger partial charge < -0.3 is 38.2 Å². The summed E-state index contributed by atoms with van der Waals surface area (Å²) < 4.78 is 12.3. The molecule has 0 bridgehead atoms.